The van der Waals surface area contributed by atoms with Crippen molar-refractivity contribution in [3.05, 3.63) is 34.9 Å². The first-order valence-electron chi connectivity index (χ1n) is 9.90. The van der Waals surface area contributed by atoms with E-state index in [1.54, 1.807) is 5.56 Å². The van der Waals surface area contributed by atoms with Crippen molar-refractivity contribution in [1.82, 2.24) is 9.80 Å². The van der Waals surface area contributed by atoms with Crippen LogP contribution in [-0.4, -0.2) is 47.6 Å². The van der Waals surface area contributed by atoms with Gasteiger partial charge in [0, 0.05) is 31.6 Å². The Kier molecular flexibility index (Phi) is 4.81. The number of amides is 1. The number of alkyl halides is 1. The largest absolute Gasteiger partial charge is 0.334 e. The van der Waals surface area contributed by atoms with Gasteiger partial charge in [-0.3, -0.25) is 9.69 Å². The van der Waals surface area contributed by atoms with Crippen LogP contribution in [0.3, 0.4) is 0 Å². The Hall–Kier alpha value is -1.42. The summed E-state index contributed by atoms with van der Waals surface area (Å²) in [5.41, 5.74) is 4.42. The van der Waals surface area contributed by atoms with Crippen molar-refractivity contribution in [1.29, 1.82) is 0 Å². The lowest BCUT2D eigenvalue weighted by Crippen LogP contribution is -2.47. The van der Waals surface area contributed by atoms with E-state index in [9.17, 15) is 9.18 Å². The van der Waals surface area contributed by atoms with Crippen LogP contribution >= 0.6 is 0 Å². The lowest BCUT2D eigenvalue weighted by molar-refractivity contribution is -0.131. The predicted molar refractivity (Wildman–Crippen MR) is 97.2 cm³/mol. The molecule has 3 aliphatic rings. The number of aryl methyl sites for hydroxylation is 2. The zero-order chi connectivity index (χ0) is 17.3. The number of halogens is 1. The Morgan fingerprint density at radius 2 is 1.88 bits per heavy atom. The molecule has 3 nitrogen and oxygen atoms in total. The third kappa shape index (κ3) is 3.33. The zero-order valence-corrected chi connectivity index (χ0v) is 15.1. The SMILES string of the molecule is O=C1CC[C@]2(CCCN(Cc3ccc4c(c3)CCC4)CC2)N1CCF. The highest BCUT2D eigenvalue weighted by Gasteiger charge is 2.45. The third-order valence-corrected chi connectivity index (χ3v) is 6.56. The van der Waals surface area contributed by atoms with Crippen molar-refractivity contribution in [3.8, 4) is 0 Å². The van der Waals surface area contributed by atoms with Gasteiger partial charge in [-0.2, -0.15) is 0 Å². The molecule has 0 unspecified atom stereocenters. The molecule has 4 rings (SSSR count). The summed E-state index contributed by atoms with van der Waals surface area (Å²) in [5.74, 6) is 0.157. The van der Waals surface area contributed by atoms with Gasteiger partial charge in [0.2, 0.25) is 5.91 Å². The molecule has 1 spiro atoms. The summed E-state index contributed by atoms with van der Waals surface area (Å²) in [6.07, 6.45) is 8.39. The fourth-order valence-corrected chi connectivity index (χ4v) is 5.21. The predicted octanol–water partition coefficient (Wildman–Crippen LogP) is 3.49. The molecule has 1 aromatic rings. The van der Waals surface area contributed by atoms with Crippen LogP contribution in [0.2, 0.25) is 0 Å². The number of rotatable bonds is 4. The van der Waals surface area contributed by atoms with E-state index in [0.29, 0.717) is 6.42 Å². The van der Waals surface area contributed by atoms with Gasteiger partial charge in [-0.15, -0.1) is 0 Å². The Balaban J connectivity index is 1.42. The molecular formula is C21H29FN2O. The van der Waals surface area contributed by atoms with Crippen molar-refractivity contribution < 1.29 is 9.18 Å². The molecule has 2 fully saturated rings. The van der Waals surface area contributed by atoms with E-state index in [0.717, 1.165) is 45.3 Å². The number of hydrogen-bond acceptors (Lipinski definition) is 2. The van der Waals surface area contributed by atoms with Crippen LogP contribution in [0.25, 0.3) is 0 Å². The Bertz CT molecular complexity index is 647. The number of carbonyl (C=O) groups is 1. The van der Waals surface area contributed by atoms with E-state index in [-0.39, 0.29) is 18.0 Å². The molecule has 2 heterocycles. The second kappa shape index (κ2) is 7.06. The molecule has 1 atom stereocenters. The standard InChI is InChI=1S/C21H29FN2O/c22-11-14-24-20(25)7-9-21(24)8-2-12-23(13-10-21)16-17-5-6-18-3-1-4-19(18)15-17/h5-6,15H,1-4,7-14,16H2/t21-/m0/s1. The van der Waals surface area contributed by atoms with Gasteiger partial charge in [0.05, 0.1) is 0 Å². The average molecular weight is 344 g/mol. The van der Waals surface area contributed by atoms with Gasteiger partial charge >= 0.3 is 0 Å². The molecular weight excluding hydrogens is 315 g/mol. The number of likely N-dealkylation sites (tertiary alicyclic amines) is 2. The van der Waals surface area contributed by atoms with Crippen molar-refractivity contribution in [3.63, 3.8) is 0 Å². The van der Waals surface area contributed by atoms with E-state index in [4.69, 9.17) is 0 Å². The second-order valence-electron chi connectivity index (χ2n) is 8.05. The third-order valence-electron chi connectivity index (χ3n) is 6.56. The molecule has 25 heavy (non-hydrogen) atoms. The van der Waals surface area contributed by atoms with Gasteiger partial charge in [0.15, 0.2) is 0 Å². The minimum absolute atomic E-state index is 0.0736. The highest BCUT2D eigenvalue weighted by atomic mass is 19.1. The summed E-state index contributed by atoms with van der Waals surface area (Å²) < 4.78 is 12.9. The summed E-state index contributed by atoms with van der Waals surface area (Å²) in [7, 11) is 0. The number of hydrogen-bond donors (Lipinski definition) is 0. The molecule has 0 bridgehead atoms. The monoisotopic (exact) mass is 344 g/mol. The molecule has 0 radical (unpaired) electrons. The van der Waals surface area contributed by atoms with Crippen LogP contribution in [-0.2, 0) is 24.2 Å². The highest BCUT2D eigenvalue weighted by Crippen LogP contribution is 2.39. The Morgan fingerprint density at radius 3 is 2.76 bits per heavy atom. The van der Waals surface area contributed by atoms with Crippen molar-refractivity contribution >= 4 is 5.91 Å². The van der Waals surface area contributed by atoms with Crippen LogP contribution in [0.5, 0.6) is 0 Å². The highest BCUT2D eigenvalue weighted by molar-refractivity contribution is 5.79. The van der Waals surface area contributed by atoms with Gasteiger partial charge in [0.1, 0.15) is 6.67 Å². The minimum atomic E-state index is -0.424. The van der Waals surface area contributed by atoms with Crippen LogP contribution in [0.15, 0.2) is 18.2 Å². The smallest absolute Gasteiger partial charge is 0.223 e. The molecule has 1 amide bonds. The fraction of sp³-hybridized carbons (Fsp3) is 0.667. The lowest BCUT2D eigenvalue weighted by atomic mass is 9.88. The molecule has 2 aliphatic heterocycles. The van der Waals surface area contributed by atoms with Gasteiger partial charge in [0.25, 0.3) is 0 Å². The van der Waals surface area contributed by atoms with E-state index in [1.165, 1.54) is 30.4 Å². The van der Waals surface area contributed by atoms with E-state index in [2.05, 4.69) is 23.1 Å². The van der Waals surface area contributed by atoms with Crippen molar-refractivity contribution in [2.24, 2.45) is 0 Å². The number of fused-ring (bicyclic) bond motifs is 1. The van der Waals surface area contributed by atoms with Gasteiger partial charge in [-0.25, -0.2) is 4.39 Å². The average Bonchev–Trinajstić information content (AvgIpc) is 3.12. The lowest BCUT2D eigenvalue weighted by Gasteiger charge is -2.37. The van der Waals surface area contributed by atoms with E-state index >= 15 is 0 Å². The van der Waals surface area contributed by atoms with E-state index in [1.807, 2.05) is 4.90 Å². The minimum Gasteiger partial charge on any atom is -0.334 e. The second-order valence-corrected chi connectivity index (χ2v) is 8.05. The van der Waals surface area contributed by atoms with Gasteiger partial charge < -0.3 is 4.90 Å². The van der Waals surface area contributed by atoms with Gasteiger partial charge in [-0.1, -0.05) is 18.2 Å². The molecule has 2 saturated heterocycles. The topological polar surface area (TPSA) is 23.6 Å². The summed E-state index contributed by atoms with van der Waals surface area (Å²) in [6.45, 7) is 2.94. The van der Waals surface area contributed by atoms with Crippen LogP contribution in [0.4, 0.5) is 4.39 Å². The fourth-order valence-electron chi connectivity index (χ4n) is 5.21. The van der Waals surface area contributed by atoms with Crippen LogP contribution in [0.1, 0.15) is 55.2 Å². The first kappa shape index (κ1) is 17.0. The Labute approximate surface area is 150 Å². The van der Waals surface area contributed by atoms with Crippen molar-refractivity contribution in [2.45, 2.75) is 63.5 Å². The number of carbonyl (C=O) groups excluding carboxylic acids is 1. The van der Waals surface area contributed by atoms with Crippen molar-refractivity contribution in [2.75, 3.05) is 26.3 Å². The number of benzene rings is 1. The van der Waals surface area contributed by atoms with Crippen LogP contribution < -0.4 is 0 Å². The molecule has 136 valence electrons. The summed E-state index contributed by atoms with van der Waals surface area (Å²) in [4.78, 5) is 16.6. The summed E-state index contributed by atoms with van der Waals surface area (Å²) in [6, 6.07) is 7.01. The Morgan fingerprint density at radius 1 is 1.00 bits per heavy atom. The first-order chi connectivity index (χ1) is 12.2. The maximum atomic E-state index is 12.9. The molecule has 4 heteroatoms. The summed E-state index contributed by atoms with van der Waals surface area (Å²) >= 11 is 0. The van der Waals surface area contributed by atoms with Gasteiger partial charge in [-0.05, 0) is 68.2 Å². The molecule has 1 aliphatic carbocycles. The molecule has 0 N–H and O–H groups in total. The first-order valence-corrected chi connectivity index (χ1v) is 9.90. The van der Waals surface area contributed by atoms with Crippen LogP contribution in [0, 0.1) is 0 Å². The maximum Gasteiger partial charge on any atom is 0.223 e. The molecule has 0 saturated carbocycles. The quantitative estimate of drug-likeness (QED) is 0.835. The molecule has 0 aromatic heterocycles. The summed E-state index contributed by atoms with van der Waals surface area (Å²) in [5, 5.41) is 0. The molecule has 1 aromatic carbocycles. The zero-order valence-electron chi connectivity index (χ0n) is 15.1. The van der Waals surface area contributed by atoms with E-state index < -0.39 is 6.67 Å². The number of nitrogens with zero attached hydrogens (tertiary/aromatic N) is 2. The maximum absolute atomic E-state index is 12.9. The normalized spacial score (nSPS) is 27.1.